The molecule has 2 fully saturated rings. The first-order valence-corrected chi connectivity index (χ1v) is 10.8. The zero-order valence-corrected chi connectivity index (χ0v) is 15.3. The average Bonchev–Trinajstić information content (AvgIpc) is 3.20. The predicted octanol–water partition coefficient (Wildman–Crippen LogP) is 1.19. The third-order valence-corrected chi connectivity index (χ3v) is 7.59. The topological polar surface area (TPSA) is 93.1 Å². The maximum Gasteiger partial charge on any atom is 0.267 e. The zero-order valence-electron chi connectivity index (χ0n) is 14.5. The van der Waals surface area contributed by atoms with Crippen molar-refractivity contribution in [3.63, 3.8) is 0 Å². The molecule has 1 unspecified atom stereocenters. The summed E-state index contributed by atoms with van der Waals surface area (Å²) in [5, 5.41) is 7.50. The van der Waals surface area contributed by atoms with Crippen LogP contribution in [-0.2, 0) is 27.8 Å². The van der Waals surface area contributed by atoms with E-state index in [1.165, 1.54) is 12.6 Å². The molecule has 1 amide bonds. The van der Waals surface area contributed by atoms with Gasteiger partial charge in [0.2, 0.25) is 5.91 Å². The number of rotatable bonds is 3. The molecule has 1 aromatic rings. The van der Waals surface area contributed by atoms with Crippen LogP contribution in [0.3, 0.4) is 0 Å². The van der Waals surface area contributed by atoms with E-state index in [0.717, 1.165) is 57.3 Å². The van der Waals surface area contributed by atoms with Crippen LogP contribution in [0.4, 0.5) is 0 Å². The summed E-state index contributed by atoms with van der Waals surface area (Å²) in [5.41, 5.74) is 0.652. The van der Waals surface area contributed by atoms with Crippen molar-refractivity contribution in [1.82, 2.24) is 19.8 Å². The van der Waals surface area contributed by atoms with Crippen LogP contribution in [0.2, 0.25) is 0 Å². The molecule has 1 saturated heterocycles. The SMILES string of the molecule is O=C(NS(=O)(=O)c1cnn2c1CCCC2)C1CNCC12CCCCC2. The first kappa shape index (κ1) is 17.0. The fourth-order valence-electron chi connectivity index (χ4n) is 4.83. The van der Waals surface area contributed by atoms with Gasteiger partial charge < -0.3 is 5.32 Å². The van der Waals surface area contributed by atoms with Crippen LogP contribution in [0.25, 0.3) is 0 Å². The van der Waals surface area contributed by atoms with Crippen molar-refractivity contribution >= 4 is 15.9 Å². The van der Waals surface area contributed by atoms with Crippen LogP contribution >= 0.6 is 0 Å². The van der Waals surface area contributed by atoms with E-state index < -0.39 is 10.0 Å². The summed E-state index contributed by atoms with van der Waals surface area (Å²) in [7, 11) is -3.86. The largest absolute Gasteiger partial charge is 0.315 e. The third kappa shape index (κ3) is 2.99. The van der Waals surface area contributed by atoms with Gasteiger partial charge >= 0.3 is 0 Å². The minimum Gasteiger partial charge on any atom is -0.315 e. The van der Waals surface area contributed by atoms with Gasteiger partial charge in [-0.15, -0.1) is 0 Å². The molecular formula is C17H26N4O3S. The Morgan fingerprint density at radius 3 is 2.84 bits per heavy atom. The van der Waals surface area contributed by atoms with Gasteiger partial charge in [-0.1, -0.05) is 19.3 Å². The van der Waals surface area contributed by atoms with Crippen LogP contribution in [-0.4, -0.2) is 37.2 Å². The summed E-state index contributed by atoms with van der Waals surface area (Å²) >= 11 is 0. The lowest BCUT2D eigenvalue weighted by molar-refractivity contribution is -0.126. The van der Waals surface area contributed by atoms with Crippen LogP contribution < -0.4 is 10.0 Å². The predicted molar refractivity (Wildman–Crippen MR) is 92.4 cm³/mol. The molecule has 2 N–H and O–H groups in total. The Bertz CT molecular complexity index is 765. The van der Waals surface area contributed by atoms with Gasteiger partial charge in [0.15, 0.2) is 0 Å². The number of nitrogens with zero attached hydrogens (tertiary/aromatic N) is 2. The molecule has 1 atom stereocenters. The molecule has 1 aliphatic carbocycles. The second kappa shape index (κ2) is 6.39. The van der Waals surface area contributed by atoms with Crippen LogP contribution in [0.5, 0.6) is 0 Å². The highest BCUT2D eigenvalue weighted by Crippen LogP contribution is 2.45. The monoisotopic (exact) mass is 366 g/mol. The van der Waals surface area contributed by atoms with E-state index in [4.69, 9.17) is 0 Å². The van der Waals surface area contributed by atoms with Gasteiger partial charge in [0.25, 0.3) is 10.0 Å². The summed E-state index contributed by atoms with van der Waals surface area (Å²) in [6, 6.07) is 0. The van der Waals surface area contributed by atoms with E-state index in [1.54, 1.807) is 4.68 Å². The molecule has 3 aliphatic rings. The average molecular weight is 366 g/mol. The molecule has 3 heterocycles. The number of aryl methyl sites for hydroxylation is 1. The molecule has 138 valence electrons. The van der Waals surface area contributed by atoms with Crippen molar-refractivity contribution in [1.29, 1.82) is 0 Å². The Hall–Kier alpha value is -1.41. The minimum atomic E-state index is -3.86. The molecule has 25 heavy (non-hydrogen) atoms. The minimum absolute atomic E-state index is 0.0731. The normalized spacial score (nSPS) is 25.7. The molecule has 8 heteroatoms. The molecule has 2 aliphatic heterocycles. The Labute approximate surface area is 148 Å². The van der Waals surface area contributed by atoms with Crippen LogP contribution in [0.15, 0.2) is 11.1 Å². The van der Waals surface area contributed by atoms with Crippen LogP contribution in [0, 0.1) is 11.3 Å². The van der Waals surface area contributed by atoms with Gasteiger partial charge in [-0.3, -0.25) is 9.48 Å². The lowest BCUT2D eigenvalue weighted by Gasteiger charge is -2.37. The molecule has 0 bridgehead atoms. The van der Waals surface area contributed by atoms with Crippen molar-refractivity contribution in [3.8, 4) is 0 Å². The number of carbonyl (C=O) groups excluding carboxylic acids is 1. The molecule has 1 saturated carbocycles. The summed E-state index contributed by atoms with van der Waals surface area (Å²) in [6.07, 6.45) is 9.50. The maximum atomic E-state index is 12.8. The second-order valence-corrected chi connectivity index (χ2v) is 9.36. The summed E-state index contributed by atoms with van der Waals surface area (Å²) in [6.45, 7) is 2.12. The molecule has 4 rings (SSSR count). The van der Waals surface area contributed by atoms with Gasteiger partial charge in [-0.25, -0.2) is 13.1 Å². The molecule has 1 aromatic heterocycles. The van der Waals surface area contributed by atoms with Crippen LogP contribution in [0.1, 0.15) is 50.6 Å². The summed E-state index contributed by atoms with van der Waals surface area (Å²) in [4.78, 5) is 13.0. The highest BCUT2D eigenvalue weighted by molar-refractivity contribution is 7.90. The fourth-order valence-corrected chi connectivity index (χ4v) is 6.05. The second-order valence-electron chi connectivity index (χ2n) is 7.71. The lowest BCUT2D eigenvalue weighted by atomic mass is 9.67. The van der Waals surface area contributed by atoms with E-state index in [9.17, 15) is 13.2 Å². The highest BCUT2D eigenvalue weighted by Gasteiger charge is 2.47. The molecule has 0 radical (unpaired) electrons. The standard InChI is InChI=1S/C17H26N4O3S/c22-16(13-10-18-12-17(13)7-3-1-4-8-17)20-25(23,24)15-11-19-21-9-5-2-6-14(15)21/h11,13,18H,1-10,12H2,(H,20,22). The first-order chi connectivity index (χ1) is 12.0. The van der Waals surface area contributed by atoms with Gasteiger partial charge in [0.05, 0.1) is 17.8 Å². The quantitative estimate of drug-likeness (QED) is 0.838. The zero-order chi connectivity index (χ0) is 17.5. The Balaban J connectivity index is 1.54. The number of amides is 1. The van der Waals surface area contributed by atoms with Crippen molar-refractivity contribution < 1.29 is 13.2 Å². The lowest BCUT2D eigenvalue weighted by Crippen LogP contribution is -2.44. The van der Waals surface area contributed by atoms with E-state index in [0.29, 0.717) is 13.0 Å². The number of hydrogen-bond acceptors (Lipinski definition) is 5. The number of aromatic nitrogens is 2. The highest BCUT2D eigenvalue weighted by atomic mass is 32.2. The van der Waals surface area contributed by atoms with E-state index >= 15 is 0 Å². The smallest absolute Gasteiger partial charge is 0.267 e. The van der Waals surface area contributed by atoms with Crippen molar-refractivity contribution in [2.75, 3.05) is 13.1 Å². The van der Waals surface area contributed by atoms with E-state index in [1.807, 2.05) is 0 Å². The first-order valence-electron chi connectivity index (χ1n) is 9.34. The molecule has 7 nitrogen and oxygen atoms in total. The molecule has 1 spiro atoms. The maximum absolute atomic E-state index is 12.8. The number of sulfonamides is 1. The third-order valence-electron chi connectivity index (χ3n) is 6.20. The molecule has 0 aromatic carbocycles. The van der Waals surface area contributed by atoms with Gasteiger partial charge in [-0.2, -0.15) is 5.10 Å². The Morgan fingerprint density at radius 2 is 2.04 bits per heavy atom. The fraction of sp³-hybridized carbons (Fsp3) is 0.765. The van der Waals surface area contributed by atoms with Gasteiger partial charge in [0.1, 0.15) is 4.90 Å². The van der Waals surface area contributed by atoms with E-state index in [2.05, 4.69) is 15.1 Å². The number of carbonyl (C=O) groups is 1. The number of fused-ring (bicyclic) bond motifs is 1. The Morgan fingerprint density at radius 1 is 1.24 bits per heavy atom. The van der Waals surface area contributed by atoms with Crippen molar-refractivity contribution in [3.05, 3.63) is 11.9 Å². The van der Waals surface area contributed by atoms with E-state index in [-0.39, 0.29) is 22.1 Å². The van der Waals surface area contributed by atoms with Gasteiger partial charge in [0, 0.05) is 19.6 Å². The summed E-state index contributed by atoms with van der Waals surface area (Å²) < 4.78 is 29.7. The van der Waals surface area contributed by atoms with Crippen molar-refractivity contribution in [2.24, 2.45) is 11.3 Å². The van der Waals surface area contributed by atoms with Crippen molar-refractivity contribution in [2.45, 2.75) is 62.8 Å². The summed E-state index contributed by atoms with van der Waals surface area (Å²) in [5.74, 6) is -0.628. The number of hydrogen-bond donors (Lipinski definition) is 2. The number of nitrogens with one attached hydrogen (secondary N) is 2. The molecular weight excluding hydrogens is 340 g/mol. The van der Waals surface area contributed by atoms with Gasteiger partial charge in [-0.05, 0) is 37.5 Å². The Kier molecular flexibility index (Phi) is 4.35.